The van der Waals surface area contributed by atoms with E-state index in [1.807, 2.05) is 24.3 Å². The van der Waals surface area contributed by atoms with E-state index in [0.29, 0.717) is 0 Å². The monoisotopic (exact) mass is 268 g/mol. The van der Waals surface area contributed by atoms with Gasteiger partial charge in [0.05, 0.1) is 16.4 Å². The molecule has 0 fully saturated rings. The van der Waals surface area contributed by atoms with Crippen LogP contribution in [0.1, 0.15) is 11.1 Å². The lowest BCUT2D eigenvalue weighted by Crippen LogP contribution is -1.89. The van der Waals surface area contributed by atoms with Crippen LogP contribution >= 0.6 is 11.3 Å². The van der Waals surface area contributed by atoms with Crippen LogP contribution in [-0.2, 0) is 0 Å². The first-order chi connectivity index (χ1) is 9.33. The number of aromatic nitrogens is 2. The minimum atomic E-state index is 0.801. The lowest BCUT2D eigenvalue weighted by Gasteiger charge is -1.92. The highest BCUT2D eigenvalue weighted by Gasteiger charge is 2.04. The Balaban J connectivity index is 1.79. The smallest absolute Gasteiger partial charge is 0.204 e. The van der Waals surface area contributed by atoms with Crippen molar-refractivity contribution < 1.29 is 0 Å². The zero-order chi connectivity index (χ0) is 13.1. The number of fused-ring (bicyclic) bond motifs is 1. The van der Waals surface area contributed by atoms with Gasteiger partial charge in [0.25, 0.3) is 0 Å². The number of pyridine rings is 1. The van der Waals surface area contributed by atoms with E-state index in [-0.39, 0.29) is 0 Å². The number of thiazole rings is 1. The fraction of sp³-hybridized carbons (Fsp3) is 0.0714. The lowest BCUT2D eigenvalue weighted by atomic mass is 10.2. The van der Waals surface area contributed by atoms with Crippen LogP contribution in [0.2, 0.25) is 0 Å². The van der Waals surface area contributed by atoms with Gasteiger partial charge in [0, 0.05) is 12.4 Å². The van der Waals surface area contributed by atoms with Gasteiger partial charge < -0.3 is 0 Å². The first-order valence-corrected chi connectivity index (χ1v) is 6.70. The molecule has 5 heteroatoms. The van der Waals surface area contributed by atoms with E-state index in [9.17, 15) is 0 Å². The maximum absolute atomic E-state index is 4.49. The number of nitrogens with zero attached hydrogens (tertiary/aromatic N) is 3. The Kier molecular flexibility index (Phi) is 3.20. The number of benzene rings is 1. The van der Waals surface area contributed by atoms with Crippen molar-refractivity contribution in [3.05, 3.63) is 53.9 Å². The molecule has 0 aliphatic heterocycles. The second-order valence-electron chi connectivity index (χ2n) is 4.09. The second-order valence-corrected chi connectivity index (χ2v) is 5.09. The van der Waals surface area contributed by atoms with Crippen molar-refractivity contribution in [3.63, 3.8) is 0 Å². The summed E-state index contributed by atoms with van der Waals surface area (Å²) in [7, 11) is 0. The number of hydrogen-bond donors (Lipinski definition) is 1. The molecule has 0 bridgehead atoms. The van der Waals surface area contributed by atoms with Gasteiger partial charge in [0.15, 0.2) is 0 Å². The molecular formula is C14H12N4S. The molecule has 0 amide bonds. The van der Waals surface area contributed by atoms with Gasteiger partial charge in [-0.05, 0) is 36.2 Å². The van der Waals surface area contributed by atoms with Crippen LogP contribution in [0, 0.1) is 6.92 Å². The summed E-state index contributed by atoms with van der Waals surface area (Å²) >= 11 is 1.61. The molecule has 2 aromatic heterocycles. The Morgan fingerprint density at radius 1 is 1.21 bits per heavy atom. The fourth-order valence-electron chi connectivity index (χ4n) is 1.75. The summed E-state index contributed by atoms with van der Waals surface area (Å²) in [6, 6.07) is 9.91. The average Bonchev–Trinajstić information content (AvgIpc) is 2.84. The van der Waals surface area contributed by atoms with E-state index in [2.05, 4.69) is 33.5 Å². The van der Waals surface area contributed by atoms with Gasteiger partial charge in [-0.1, -0.05) is 23.5 Å². The fourth-order valence-corrected chi connectivity index (χ4v) is 2.63. The molecule has 3 aromatic rings. The molecule has 2 heterocycles. The van der Waals surface area contributed by atoms with Crippen molar-refractivity contribution in [2.45, 2.75) is 6.92 Å². The Morgan fingerprint density at radius 2 is 2.05 bits per heavy atom. The molecule has 19 heavy (non-hydrogen) atoms. The van der Waals surface area contributed by atoms with Crippen LogP contribution in [-0.4, -0.2) is 16.2 Å². The van der Waals surface area contributed by atoms with Crippen LogP contribution in [0.25, 0.3) is 10.2 Å². The Bertz CT molecular complexity index is 719. The van der Waals surface area contributed by atoms with Gasteiger partial charge in [0.1, 0.15) is 0 Å². The summed E-state index contributed by atoms with van der Waals surface area (Å²) in [5.74, 6) is 0. The van der Waals surface area contributed by atoms with Crippen molar-refractivity contribution >= 4 is 32.9 Å². The van der Waals surface area contributed by atoms with Gasteiger partial charge >= 0.3 is 0 Å². The number of rotatable bonds is 3. The highest BCUT2D eigenvalue weighted by molar-refractivity contribution is 7.22. The lowest BCUT2D eigenvalue weighted by molar-refractivity contribution is 1.30. The zero-order valence-corrected chi connectivity index (χ0v) is 11.2. The highest BCUT2D eigenvalue weighted by atomic mass is 32.1. The van der Waals surface area contributed by atoms with Crippen LogP contribution in [0.15, 0.2) is 47.8 Å². The molecule has 0 atom stereocenters. The number of aryl methyl sites for hydroxylation is 1. The third kappa shape index (κ3) is 2.61. The normalized spacial score (nSPS) is 11.2. The van der Waals surface area contributed by atoms with Crippen molar-refractivity contribution in [1.82, 2.24) is 9.97 Å². The first-order valence-electron chi connectivity index (χ1n) is 5.88. The van der Waals surface area contributed by atoms with E-state index in [0.717, 1.165) is 16.2 Å². The molecule has 0 saturated heterocycles. The quantitative estimate of drug-likeness (QED) is 0.584. The highest BCUT2D eigenvalue weighted by Crippen LogP contribution is 2.28. The molecule has 0 aliphatic carbocycles. The summed E-state index contributed by atoms with van der Waals surface area (Å²) in [4.78, 5) is 8.44. The van der Waals surface area contributed by atoms with Gasteiger partial charge in [-0.25, -0.2) is 4.98 Å². The maximum Gasteiger partial charge on any atom is 0.204 e. The molecule has 3 rings (SSSR count). The number of anilines is 1. The number of hydrogen-bond acceptors (Lipinski definition) is 5. The molecular weight excluding hydrogens is 256 g/mol. The summed E-state index contributed by atoms with van der Waals surface area (Å²) in [5.41, 5.74) is 6.21. The average molecular weight is 268 g/mol. The van der Waals surface area contributed by atoms with E-state index < -0.39 is 0 Å². The molecule has 94 valence electrons. The van der Waals surface area contributed by atoms with Crippen LogP contribution in [0.5, 0.6) is 0 Å². The maximum atomic E-state index is 4.49. The van der Waals surface area contributed by atoms with Gasteiger partial charge in [-0.3, -0.25) is 10.4 Å². The molecule has 4 nitrogen and oxygen atoms in total. The minimum Gasteiger partial charge on any atom is -0.265 e. The van der Waals surface area contributed by atoms with E-state index >= 15 is 0 Å². The first kappa shape index (κ1) is 11.8. The van der Waals surface area contributed by atoms with Gasteiger partial charge in [-0.15, -0.1) is 0 Å². The number of nitrogens with one attached hydrogen (secondary N) is 1. The Labute approximate surface area is 114 Å². The SMILES string of the molecule is Cc1cccc2nc(N/N=C/c3ccncc3)sc12. The predicted molar refractivity (Wildman–Crippen MR) is 79.8 cm³/mol. The minimum absolute atomic E-state index is 0.801. The van der Waals surface area contributed by atoms with Crippen molar-refractivity contribution in [2.24, 2.45) is 5.10 Å². The van der Waals surface area contributed by atoms with E-state index in [4.69, 9.17) is 0 Å². The van der Waals surface area contributed by atoms with Crippen molar-refractivity contribution in [2.75, 3.05) is 5.43 Å². The van der Waals surface area contributed by atoms with Crippen molar-refractivity contribution in [1.29, 1.82) is 0 Å². The summed E-state index contributed by atoms with van der Waals surface area (Å²) in [6.07, 6.45) is 5.23. The molecule has 0 radical (unpaired) electrons. The molecule has 0 saturated carbocycles. The van der Waals surface area contributed by atoms with E-state index in [1.54, 1.807) is 29.9 Å². The third-order valence-corrected chi connectivity index (χ3v) is 3.80. The molecule has 1 N–H and O–H groups in total. The topological polar surface area (TPSA) is 50.2 Å². The number of hydrazone groups is 1. The summed E-state index contributed by atoms with van der Waals surface area (Å²) < 4.78 is 1.20. The summed E-state index contributed by atoms with van der Waals surface area (Å²) in [6.45, 7) is 2.09. The summed E-state index contributed by atoms with van der Waals surface area (Å²) in [5, 5.41) is 4.98. The predicted octanol–water partition coefficient (Wildman–Crippen LogP) is 3.45. The zero-order valence-electron chi connectivity index (χ0n) is 10.4. The van der Waals surface area contributed by atoms with Crippen molar-refractivity contribution in [3.8, 4) is 0 Å². The third-order valence-electron chi connectivity index (χ3n) is 2.69. The van der Waals surface area contributed by atoms with Crippen LogP contribution in [0.3, 0.4) is 0 Å². The Morgan fingerprint density at radius 3 is 2.84 bits per heavy atom. The van der Waals surface area contributed by atoms with Crippen LogP contribution < -0.4 is 5.43 Å². The largest absolute Gasteiger partial charge is 0.265 e. The molecule has 0 aliphatic rings. The van der Waals surface area contributed by atoms with Gasteiger partial charge in [-0.2, -0.15) is 5.10 Å². The standard InChI is InChI=1S/C14H12N4S/c1-10-3-2-4-12-13(10)19-14(17-12)18-16-9-11-5-7-15-8-6-11/h2-9H,1H3,(H,17,18)/b16-9+. The molecule has 1 aromatic carbocycles. The molecule has 0 unspecified atom stereocenters. The van der Waals surface area contributed by atoms with Gasteiger partial charge in [0.2, 0.25) is 5.13 Å². The Hall–Kier alpha value is -2.27. The second kappa shape index (κ2) is 5.16. The molecule has 0 spiro atoms. The van der Waals surface area contributed by atoms with E-state index in [1.165, 1.54) is 10.3 Å². The van der Waals surface area contributed by atoms with Crippen LogP contribution in [0.4, 0.5) is 5.13 Å².